The Morgan fingerprint density at radius 1 is 1.04 bits per heavy atom. The van der Waals surface area contributed by atoms with Crippen LogP contribution in [0.2, 0.25) is 0 Å². The first-order chi connectivity index (χ1) is 11.1. The van der Waals surface area contributed by atoms with Crippen LogP contribution in [-0.2, 0) is 10.0 Å². The largest absolute Gasteiger partial charge is 0.300 e. The zero-order valence-corrected chi connectivity index (χ0v) is 14.0. The van der Waals surface area contributed by atoms with E-state index in [1.165, 1.54) is 35.0 Å². The molecule has 126 valence electrons. The van der Waals surface area contributed by atoms with Crippen molar-refractivity contribution in [1.82, 2.24) is 9.21 Å². The molecule has 1 aliphatic heterocycles. The van der Waals surface area contributed by atoms with Crippen molar-refractivity contribution in [3.05, 3.63) is 42.2 Å². The second-order valence-electron chi connectivity index (χ2n) is 6.31. The molecule has 0 N–H and O–H groups in total. The van der Waals surface area contributed by atoms with Crippen LogP contribution >= 0.6 is 0 Å². The lowest BCUT2D eigenvalue weighted by Crippen LogP contribution is -2.49. The molecule has 1 aromatic carbocycles. The molecule has 0 radical (unpaired) electrons. The second kappa shape index (κ2) is 7.11. The molecule has 0 spiro atoms. The summed E-state index contributed by atoms with van der Waals surface area (Å²) < 4.78 is 39.6. The van der Waals surface area contributed by atoms with Crippen molar-refractivity contribution in [2.24, 2.45) is 5.92 Å². The van der Waals surface area contributed by atoms with E-state index in [9.17, 15) is 12.8 Å². The van der Waals surface area contributed by atoms with Gasteiger partial charge < -0.3 is 4.90 Å². The summed E-state index contributed by atoms with van der Waals surface area (Å²) in [5.74, 6) is 0.274. The van der Waals surface area contributed by atoms with E-state index in [0.29, 0.717) is 19.0 Å². The number of piperazine rings is 1. The van der Waals surface area contributed by atoms with E-state index in [4.69, 9.17) is 0 Å². The van der Waals surface area contributed by atoms with Crippen molar-refractivity contribution in [1.29, 1.82) is 0 Å². The number of nitrogens with zero attached hydrogens (tertiary/aromatic N) is 2. The van der Waals surface area contributed by atoms with Gasteiger partial charge in [-0.05, 0) is 49.4 Å². The second-order valence-corrected chi connectivity index (χ2v) is 8.25. The third-order valence-corrected chi connectivity index (χ3v) is 6.59. The van der Waals surface area contributed by atoms with E-state index in [0.717, 1.165) is 32.5 Å². The van der Waals surface area contributed by atoms with Gasteiger partial charge in [0, 0.05) is 32.7 Å². The monoisotopic (exact) mass is 338 g/mol. The average molecular weight is 338 g/mol. The number of hydrogen-bond acceptors (Lipinski definition) is 3. The Morgan fingerprint density at radius 2 is 1.74 bits per heavy atom. The lowest BCUT2D eigenvalue weighted by atomic mass is 9.94. The zero-order valence-electron chi connectivity index (χ0n) is 13.2. The van der Waals surface area contributed by atoms with Crippen LogP contribution in [0.1, 0.15) is 19.3 Å². The summed E-state index contributed by atoms with van der Waals surface area (Å²) in [6, 6.07) is 5.07. The molecule has 1 heterocycles. The minimum absolute atomic E-state index is 0.171. The van der Waals surface area contributed by atoms with Crippen molar-refractivity contribution in [3.8, 4) is 0 Å². The number of rotatable bonds is 4. The normalized spacial score (nSPS) is 24.0. The molecule has 1 atom stereocenters. The molecule has 0 unspecified atom stereocenters. The highest BCUT2D eigenvalue weighted by Gasteiger charge is 2.29. The number of halogens is 1. The smallest absolute Gasteiger partial charge is 0.243 e. The maximum atomic E-state index is 13.0. The van der Waals surface area contributed by atoms with E-state index in [1.807, 2.05) is 0 Å². The van der Waals surface area contributed by atoms with Crippen LogP contribution in [0.3, 0.4) is 0 Å². The van der Waals surface area contributed by atoms with Gasteiger partial charge in [0.25, 0.3) is 0 Å². The first-order valence-electron chi connectivity index (χ1n) is 8.19. The molecular weight excluding hydrogens is 315 g/mol. The Balaban J connectivity index is 1.57. The Morgan fingerprint density at radius 3 is 2.35 bits per heavy atom. The predicted octanol–water partition coefficient (Wildman–Crippen LogP) is 2.49. The molecule has 1 saturated heterocycles. The fraction of sp³-hybridized carbons (Fsp3) is 0.529. The summed E-state index contributed by atoms with van der Waals surface area (Å²) >= 11 is 0. The Hall–Kier alpha value is -1.24. The molecule has 4 nitrogen and oxygen atoms in total. The Bertz CT molecular complexity index is 650. The van der Waals surface area contributed by atoms with Gasteiger partial charge in [0.1, 0.15) is 5.82 Å². The van der Waals surface area contributed by atoms with Gasteiger partial charge in [-0.2, -0.15) is 4.31 Å². The van der Waals surface area contributed by atoms with Crippen LogP contribution in [-0.4, -0.2) is 50.3 Å². The summed E-state index contributed by atoms with van der Waals surface area (Å²) in [4.78, 5) is 2.53. The molecule has 1 aliphatic carbocycles. The first kappa shape index (κ1) is 16.6. The lowest BCUT2D eigenvalue weighted by molar-refractivity contribution is 0.161. The number of allylic oxidation sites excluding steroid dienone is 2. The van der Waals surface area contributed by atoms with Gasteiger partial charge in [-0.3, -0.25) is 0 Å². The van der Waals surface area contributed by atoms with Crippen molar-refractivity contribution >= 4 is 10.0 Å². The summed E-state index contributed by atoms with van der Waals surface area (Å²) in [5, 5.41) is 0. The van der Waals surface area contributed by atoms with Crippen molar-refractivity contribution in [2.45, 2.75) is 24.2 Å². The number of benzene rings is 1. The summed E-state index contributed by atoms with van der Waals surface area (Å²) in [6.45, 7) is 3.58. The maximum Gasteiger partial charge on any atom is 0.243 e. The summed E-state index contributed by atoms with van der Waals surface area (Å²) in [5.41, 5.74) is 0. The number of sulfonamides is 1. The minimum Gasteiger partial charge on any atom is -0.300 e. The van der Waals surface area contributed by atoms with Gasteiger partial charge >= 0.3 is 0 Å². The van der Waals surface area contributed by atoms with Crippen molar-refractivity contribution in [3.63, 3.8) is 0 Å². The molecule has 1 fully saturated rings. The molecule has 0 bridgehead atoms. The van der Waals surface area contributed by atoms with Gasteiger partial charge in [-0.25, -0.2) is 12.8 Å². The zero-order chi connectivity index (χ0) is 16.3. The van der Waals surface area contributed by atoms with Gasteiger partial charge in [-0.1, -0.05) is 12.2 Å². The van der Waals surface area contributed by atoms with Crippen LogP contribution in [0, 0.1) is 11.7 Å². The third-order valence-electron chi connectivity index (χ3n) is 4.68. The van der Waals surface area contributed by atoms with Crippen molar-refractivity contribution < 1.29 is 12.8 Å². The lowest BCUT2D eigenvalue weighted by Gasteiger charge is -2.36. The summed E-state index contributed by atoms with van der Waals surface area (Å²) in [6.07, 6.45) is 8.01. The van der Waals surface area contributed by atoms with E-state index < -0.39 is 15.8 Å². The Kier molecular flexibility index (Phi) is 5.14. The highest BCUT2D eigenvalue weighted by molar-refractivity contribution is 7.89. The Labute approximate surface area is 137 Å². The third kappa shape index (κ3) is 4.00. The van der Waals surface area contributed by atoms with E-state index in [-0.39, 0.29) is 4.90 Å². The van der Waals surface area contributed by atoms with Gasteiger partial charge in [0.15, 0.2) is 0 Å². The molecule has 0 amide bonds. The standard InChI is InChI=1S/C17H23FN2O2S/c18-16-6-8-17(9-7-16)23(21,22)20-12-10-19(11-13-20)14-15-4-2-1-3-5-15/h1-2,6-9,15H,3-5,10-14H2/t15-/m0/s1. The van der Waals surface area contributed by atoms with Crippen LogP contribution < -0.4 is 0 Å². The van der Waals surface area contributed by atoms with Gasteiger partial charge in [-0.15, -0.1) is 0 Å². The fourth-order valence-corrected chi connectivity index (χ4v) is 4.72. The molecule has 23 heavy (non-hydrogen) atoms. The molecule has 0 saturated carbocycles. The van der Waals surface area contributed by atoms with E-state index >= 15 is 0 Å². The fourth-order valence-electron chi connectivity index (χ4n) is 3.30. The predicted molar refractivity (Wildman–Crippen MR) is 88.1 cm³/mol. The van der Waals surface area contributed by atoms with Gasteiger partial charge in [0.05, 0.1) is 4.90 Å². The summed E-state index contributed by atoms with van der Waals surface area (Å²) in [7, 11) is -3.51. The molecule has 1 aromatic rings. The molecule has 3 rings (SSSR count). The van der Waals surface area contributed by atoms with Crippen LogP contribution in [0.4, 0.5) is 4.39 Å². The number of hydrogen-bond donors (Lipinski definition) is 0. The topological polar surface area (TPSA) is 40.6 Å². The molecule has 0 aromatic heterocycles. The highest BCUT2D eigenvalue weighted by atomic mass is 32.2. The van der Waals surface area contributed by atoms with E-state index in [2.05, 4.69) is 17.1 Å². The van der Waals surface area contributed by atoms with Crippen LogP contribution in [0.15, 0.2) is 41.3 Å². The quantitative estimate of drug-likeness (QED) is 0.792. The van der Waals surface area contributed by atoms with Crippen LogP contribution in [0.25, 0.3) is 0 Å². The highest BCUT2D eigenvalue weighted by Crippen LogP contribution is 2.22. The molecule has 6 heteroatoms. The minimum atomic E-state index is -3.51. The van der Waals surface area contributed by atoms with E-state index in [1.54, 1.807) is 0 Å². The van der Waals surface area contributed by atoms with Crippen LogP contribution in [0.5, 0.6) is 0 Å². The average Bonchev–Trinajstić information content (AvgIpc) is 2.57. The van der Waals surface area contributed by atoms with Crippen molar-refractivity contribution in [2.75, 3.05) is 32.7 Å². The SMILES string of the molecule is O=S(=O)(c1ccc(F)cc1)N1CCN(C[C@H]2CC=CCC2)CC1. The maximum absolute atomic E-state index is 13.0. The van der Waals surface area contributed by atoms with Gasteiger partial charge in [0.2, 0.25) is 10.0 Å². The first-order valence-corrected chi connectivity index (χ1v) is 9.63. The molecular formula is C17H23FN2O2S. The molecule has 2 aliphatic rings.